The molecule has 2 N–H and O–H groups in total. The van der Waals surface area contributed by atoms with Gasteiger partial charge in [0.25, 0.3) is 5.91 Å². The van der Waals surface area contributed by atoms with Crippen molar-refractivity contribution in [2.75, 3.05) is 0 Å². The summed E-state index contributed by atoms with van der Waals surface area (Å²) in [6, 6.07) is 1.78. The average molecular weight is 232 g/mol. The number of nitrogens with two attached hydrogens (primary N) is 1. The molecule has 0 bridgehead atoms. The van der Waals surface area contributed by atoms with E-state index in [1.807, 2.05) is 6.92 Å². The molecule has 0 unspecified atom stereocenters. The summed E-state index contributed by atoms with van der Waals surface area (Å²) in [6.07, 6.45) is 1.78. The average Bonchev–Trinajstić information content (AvgIpc) is 2.32. The van der Waals surface area contributed by atoms with Gasteiger partial charge in [-0.05, 0) is 28.4 Å². The third-order valence-electron chi connectivity index (χ3n) is 1.52. The van der Waals surface area contributed by atoms with Crippen LogP contribution >= 0.6 is 15.9 Å². The molecule has 0 aliphatic carbocycles. The summed E-state index contributed by atoms with van der Waals surface area (Å²) in [5.74, 6) is -0.243. The standard InChI is InChI=1S/C8H10BrNO2/c1-2-3-5-4-6(9)12-7(5)8(10)11/h4H,2-3H2,1H3,(H2,10,11). The summed E-state index contributed by atoms with van der Waals surface area (Å²) < 4.78 is 5.63. The van der Waals surface area contributed by atoms with E-state index in [-0.39, 0.29) is 5.76 Å². The number of hydrogen-bond donors (Lipinski definition) is 1. The molecule has 1 rings (SSSR count). The number of furan rings is 1. The molecule has 66 valence electrons. The van der Waals surface area contributed by atoms with Crippen LogP contribution in [-0.2, 0) is 6.42 Å². The van der Waals surface area contributed by atoms with E-state index in [1.54, 1.807) is 6.07 Å². The Hall–Kier alpha value is -0.770. The topological polar surface area (TPSA) is 56.2 Å². The molecule has 1 aromatic heterocycles. The van der Waals surface area contributed by atoms with Gasteiger partial charge < -0.3 is 10.2 Å². The van der Waals surface area contributed by atoms with Crippen LogP contribution in [-0.4, -0.2) is 5.91 Å². The van der Waals surface area contributed by atoms with Crippen LogP contribution in [0.5, 0.6) is 0 Å². The van der Waals surface area contributed by atoms with Crippen LogP contribution in [0.4, 0.5) is 0 Å². The Kier molecular flexibility index (Phi) is 2.92. The van der Waals surface area contributed by atoms with Crippen LogP contribution in [0.1, 0.15) is 29.5 Å². The van der Waals surface area contributed by atoms with E-state index in [0.717, 1.165) is 18.4 Å². The third-order valence-corrected chi connectivity index (χ3v) is 1.91. The number of hydrogen-bond acceptors (Lipinski definition) is 2. The fourth-order valence-electron chi connectivity index (χ4n) is 1.06. The van der Waals surface area contributed by atoms with E-state index in [9.17, 15) is 4.79 Å². The highest BCUT2D eigenvalue weighted by Gasteiger charge is 2.13. The monoisotopic (exact) mass is 231 g/mol. The number of primary amides is 1. The lowest BCUT2D eigenvalue weighted by Gasteiger charge is -1.93. The van der Waals surface area contributed by atoms with E-state index in [4.69, 9.17) is 10.2 Å². The molecule has 0 aliphatic rings. The van der Waals surface area contributed by atoms with Gasteiger partial charge >= 0.3 is 0 Å². The van der Waals surface area contributed by atoms with Gasteiger partial charge in [-0.3, -0.25) is 4.79 Å². The van der Waals surface area contributed by atoms with Crippen molar-refractivity contribution in [1.82, 2.24) is 0 Å². The normalized spacial score (nSPS) is 10.2. The van der Waals surface area contributed by atoms with Crippen molar-refractivity contribution in [3.8, 4) is 0 Å². The number of aryl methyl sites for hydroxylation is 1. The van der Waals surface area contributed by atoms with E-state index in [2.05, 4.69) is 15.9 Å². The molecule has 1 heterocycles. The predicted octanol–water partition coefficient (Wildman–Crippen LogP) is 2.09. The van der Waals surface area contributed by atoms with Crippen LogP contribution in [0.25, 0.3) is 0 Å². The van der Waals surface area contributed by atoms with E-state index < -0.39 is 5.91 Å². The molecule has 0 aliphatic heterocycles. The van der Waals surface area contributed by atoms with Crippen molar-refractivity contribution >= 4 is 21.8 Å². The molecule has 12 heavy (non-hydrogen) atoms. The minimum atomic E-state index is -0.510. The summed E-state index contributed by atoms with van der Waals surface area (Å²) in [5, 5.41) is 0. The molecule has 0 atom stereocenters. The number of carbonyl (C=O) groups is 1. The molecule has 0 saturated carbocycles. The van der Waals surface area contributed by atoms with Gasteiger partial charge in [0, 0.05) is 5.56 Å². The van der Waals surface area contributed by atoms with Gasteiger partial charge in [0.15, 0.2) is 10.4 Å². The van der Waals surface area contributed by atoms with Gasteiger partial charge in [0.05, 0.1) is 0 Å². The third kappa shape index (κ3) is 1.88. The molecule has 0 saturated heterocycles. The molecular weight excluding hydrogens is 222 g/mol. The summed E-state index contributed by atoms with van der Waals surface area (Å²) in [7, 11) is 0. The lowest BCUT2D eigenvalue weighted by atomic mass is 10.1. The Labute approximate surface area is 79.1 Å². The quantitative estimate of drug-likeness (QED) is 0.867. The molecule has 4 heteroatoms. The zero-order chi connectivity index (χ0) is 9.14. The molecule has 3 nitrogen and oxygen atoms in total. The lowest BCUT2D eigenvalue weighted by molar-refractivity contribution is 0.0971. The number of amides is 1. The summed E-state index contributed by atoms with van der Waals surface area (Å²) in [6.45, 7) is 2.03. The highest BCUT2D eigenvalue weighted by molar-refractivity contribution is 9.10. The van der Waals surface area contributed by atoms with Gasteiger partial charge in [0.2, 0.25) is 0 Å². The number of rotatable bonds is 3. The van der Waals surface area contributed by atoms with E-state index >= 15 is 0 Å². The van der Waals surface area contributed by atoms with Gasteiger partial charge in [-0.25, -0.2) is 0 Å². The maximum Gasteiger partial charge on any atom is 0.284 e. The fourth-order valence-corrected chi connectivity index (χ4v) is 1.50. The van der Waals surface area contributed by atoms with Gasteiger partial charge in [0.1, 0.15) is 0 Å². The smallest absolute Gasteiger partial charge is 0.284 e. The van der Waals surface area contributed by atoms with Gasteiger partial charge in [-0.2, -0.15) is 0 Å². The molecule has 1 aromatic rings. The molecule has 0 spiro atoms. The van der Waals surface area contributed by atoms with Crippen LogP contribution < -0.4 is 5.73 Å². The Morgan fingerprint density at radius 3 is 2.92 bits per heavy atom. The first-order chi connectivity index (χ1) is 5.65. The Bertz CT molecular complexity index is 293. The van der Waals surface area contributed by atoms with Crippen molar-refractivity contribution < 1.29 is 9.21 Å². The Morgan fingerprint density at radius 1 is 1.75 bits per heavy atom. The molecule has 0 radical (unpaired) electrons. The lowest BCUT2D eigenvalue weighted by Crippen LogP contribution is -2.11. The number of halogens is 1. The second kappa shape index (κ2) is 3.76. The SMILES string of the molecule is CCCc1cc(Br)oc1C(N)=O. The zero-order valence-corrected chi connectivity index (χ0v) is 8.35. The fraction of sp³-hybridized carbons (Fsp3) is 0.375. The first-order valence-electron chi connectivity index (χ1n) is 3.73. The van der Waals surface area contributed by atoms with E-state index in [0.29, 0.717) is 4.67 Å². The molecule has 0 fully saturated rings. The zero-order valence-electron chi connectivity index (χ0n) is 6.76. The highest BCUT2D eigenvalue weighted by Crippen LogP contribution is 2.21. The van der Waals surface area contributed by atoms with Crippen molar-refractivity contribution in [3.05, 3.63) is 22.1 Å². The van der Waals surface area contributed by atoms with Crippen molar-refractivity contribution in [1.29, 1.82) is 0 Å². The Balaban J connectivity index is 2.99. The van der Waals surface area contributed by atoms with Crippen molar-refractivity contribution in [3.63, 3.8) is 0 Å². The minimum Gasteiger partial charge on any atom is -0.444 e. The molecule has 0 aromatic carbocycles. The second-order valence-corrected chi connectivity index (χ2v) is 3.30. The van der Waals surface area contributed by atoms with Crippen molar-refractivity contribution in [2.45, 2.75) is 19.8 Å². The summed E-state index contributed by atoms with van der Waals surface area (Å²) in [5.41, 5.74) is 5.98. The van der Waals surface area contributed by atoms with Gasteiger partial charge in [-0.15, -0.1) is 0 Å². The van der Waals surface area contributed by atoms with Crippen molar-refractivity contribution in [2.24, 2.45) is 5.73 Å². The highest BCUT2D eigenvalue weighted by atomic mass is 79.9. The largest absolute Gasteiger partial charge is 0.444 e. The van der Waals surface area contributed by atoms with Crippen LogP contribution in [0.3, 0.4) is 0 Å². The van der Waals surface area contributed by atoms with Crippen LogP contribution in [0, 0.1) is 0 Å². The maximum atomic E-state index is 10.8. The molecule has 1 amide bonds. The number of carbonyl (C=O) groups excluding carboxylic acids is 1. The molecular formula is C8H10BrNO2. The van der Waals surface area contributed by atoms with Crippen LogP contribution in [0.15, 0.2) is 15.2 Å². The predicted molar refractivity (Wildman–Crippen MR) is 48.9 cm³/mol. The first-order valence-corrected chi connectivity index (χ1v) is 4.52. The summed E-state index contributed by atoms with van der Waals surface area (Å²) >= 11 is 3.15. The minimum absolute atomic E-state index is 0.267. The second-order valence-electron chi connectivity index (χ2n) is 2.52. The maximum absolute atomic E-state index is 10.8. The summed E-state index contributed by atoms with van der Waals surface area (Å²) in [4.78, 5) is 10.8. The van der Waals surface area contributed by atoms with Gasteiger partial charge in [-0.1, -0.05) is 13.3 Å². The first kappa shape index (κ1) is 9.32. The van der Waals surface area contributed by atoms with Crippen LogP contribution in [0.2, 0.25) is 0 Å². The Morgan fingerprint density at radius 2 is 2.42 bits per heavy atom. The van der Waals surface area contributed by atoms with E-state index in [1.165, 1.54) is 0 Å².